The molecule has 2 aliphatic rings. The molecule has 0 bridgehead atoms. The van der Waals surface area contributed by atoms with Gasteiger partial charge < -0.3 is 25.1 Å². The van der Waals surface area contributed by atoms with Crippen LogP contribution in [-0.4, -0.2) is 50.1 Å². The summed E-state index contributed by atoms with van der Waals surface area (Å²) in [5.74, 6) is -0.263. The van der Waals surface area contributed by atoms with Gasteiger partial charge in [-0.05, 0) is 51.2 Å². The molecule has 202 valence electrons. The van der Waals surface area contributed by atoms with Crippen LogP contribution in [0.15, 0.2) is 35.5 Å². The van der Waals surface area contributed by atoms with E-state index >= 15 is 0 Å². The summed E-state index contributed by atoms with van der Waals surface area (Å²) < 4.78 is 43.5. The molecule has 3 aromatic heterocycles. The third kappa shape index (κ3) is 5.04. The highest BCUT2D eigenvalue weighted by Crippen LogP contribution is 2.39. The Balaban J connectivity index is 1.50. The minimum Gasteiger partial charge on any atom is -0.356 e. The molecule has 12 heteroatoms. The number of hydrogen-bond acceptors (Lipinski definition) is 6. The Morgan fingerprint density at radius 2 is 2.00 bits per heavy atom. The van der Waals surface area contributed by atoms with Crippen molar-refractivity contribution in [2.75, 3.05) is 23.3 Å². The van der Waals surface area contributed by atoms with Gasteiger partial charge in [0.15, 0.2) is 0 Å². The molecule has 1 unspecified atom stereocenters. The van der Waals surface area contributed by atoms with Crippen molar-refractivity contribution in [1.29, 1.82) is 0 Å². The first-order chi connectivity index (χ1) is 17.9. The number of aryl methyl sites for hydroxylation is 1. The van der Waals surface area contributed by atoms with Crippen LogP contribution in [0.25, 0.3) is 11.3 Å². The lowest BCUT2D eigenvalue weighted by Crippen LogP contribution is -2.50. The van der Waals surface area contributed by atoms with Crippen LogP contribution in [0.2, 0.25) is 0 Å². The summed E-state index contributed by atoms with van der Waals surface area (Å²) in [6.07, 6.45) is 1.75. The van der Waals surface area contributed by atoms with Gasteiger partial charge in [0.05, 0.1) is 11.4 Å². The summed E-state index contributed by atoms with van der Waals surface area (Å²) in [6.45, 7) is 5.21. The van der Waals surface area contributed by atoms with E-state index in [1.165, 1.54) is 21.7 Å². The summed E-state index contributed by atoms with van der Waals surface area (Å²) in [6, 6.07) is 2.93. The quantitative estimate of drug-likeness (QED) is 0.476. The van der Waals surface area contributed by atoms with E-state index in [1.54, 1.807) is 19.3 Å². The standard InChI is InChI=1S/C26H30F3N7O2/c1-25(2)9-8-15(11-32-25)33-24-31-13-19(26(27,28)29)21(34-24)18-12-30-22-17(18)5-4-10-36(23(22)38)16-6-7-20(37)35(3)14-16/h6-7,12-15,30,32H,4-5,8-11H2,1-3H3,(H,31,33,34). The SMILES string of the molecule is Cn1cc(N2CCCc3c(-c4nc(NC5CCC(C)(C)NC5)ncc4C(F)(F)F)c[nH]c3C2=O)ccc1=O. The van der Waals surface area contributed by atoms with Gasteiger partial charge in [-0.1, -0.05) is 0 Å². The second kappa shape index (κ2) is 9.57. The van der Waals surface area contributed by atoms with Crippen molar-refractivity contribution in [3.05, 3.63) is 57.9 Å². The van der Waals surface area contributed by atoms with E-state index in [0.29, 0.717) is 37.2 Å². The number of piperidine rings is 1. The molecule has 0 spiro atoms. The molecule has 3 aromatic rings. The fourth-order valence-electron chi connectivity index (χ4n) is 5.05. The molecule has 3 N–H and O–H groups in total. The number of carbonyl (C=O) groups is 1. The van der Waals surface area contributed by atoms with E-state index in [1.807, 2.05) is 0 Å². The molecule has 38 heavy (non-hydrogen) atoms. The summed E-state index contributed by atoms with van der Waals surface area (Å²) in [5, 5.41) is 6.59. The van der Waals surface area contributed by atoms with E-state index in [9.17, 15) is 22.8 Å². The van der Waals surface area contributed by atoms with Crippen LogP contribution in [-0.2, 0) is 19.6 Å². The number of H-pyrrole nitrogens is 1. The number of amides is 1. The van der Waals surface area contributed by atoms with E-state index in [2.05, 4.69) is 39.4 Å². The number of alkyl halides is 3. The average molecular weight is 530 g/mol. The van der Waals surface area contributed by atoms with Crippen LogP contribution in [0, 0.1) is 0 Å². The number of hydrogen-bond donors (Lipinski definition) is 3. The highest BCUT2D eigenvalue weighted by Gasteiger charge is 2.38. The number of nitrogens with zero attached hydrogens (tertiary/aromatic N) is 4. The van der Waals surface area contributed by atoms with Crippen molar-refractivity contribution in [3.8, 4) is 11.3 Å². The summed E-state index contributed by atoms with van der Waals surface area (Å²) in [7, 11) is 1.59. The molecular formula is C26H30F3N7O2. The largest absolute Gasteiger partial charge is 0.419 e. The highest BCUT2D eigenvalue weighted by molar-refractivity contribution is 6.07. The number of fused-ring (bicyclic) bond motifs is 1. The molecule has 5 heterocycles. The minimum atomic E-state index is -4.68. The number of rotatable bonds is 4. The van der Waals surface area contributed by atoms with Crippen LogP contribution in [0.5, 0.6) is 0 Å². The summed E-state index contributed by atoms with van der Waals surface area (Å²) in [5.41, 5.74) is 0.0387. The van der Waals surface area contributed by atoms with Gasteiger partial charge in [-0.25, -0.2) is 9.97 Å². The third-order valence-corrected chi connectivity index (χ3v) is 7.26. The van der Waals surface area contributed by atoms with E-state index in [-0.39, 0.29) is 45.9 Å². The van der Waals surface area contributed by atoms with Gasteiger partial charge in [-0.3, -0.25) is 9.59 Å². The molecule has 5 rings (SSSR count). The molecule has 0 saturated carbocycles. The van der Waals surface area contributed by atoms with Crippen LogP contribution < -0.4 is 21.1 Å². The Morgan fingerprint density at radius 3 is 2.68 bits per heavy atom. The topological polar surface area (TPSA) is 108 Å². The van der Waals surface area contributed by atoms with Gasteiger partial charge in [-0.15, -0.1) is 0 Å². The average Bonchev–Trinajstić information content (AvgIpc) is 3.20. The summed E-state index contributed by atoms with van der Waals surface area (Å²) in [4.78, 5) is 38.0. The number of aromatic nitrogens is 4. The molecule has 2 aliphatic heterocycles. The number of nitrogens with one attached hydrogen (secondary N) is 3. The van der Waals surface area contributed by atoms with Gasteiger partial charge >= 0.3 is 6.18 Å². The van der Waals surface area contributed by atoms with Gasteiger partial charge in [0.1, 0.15) is 11.3 Å². The van der Waals surface area contributed by atoms with Crippen LogP contribution >= 0.6 is 0 Å². The zero-order valence-electron chi connectivity index (χ0n) is 21.4. The normalized spacial score (nSPS) is 19.7. The molecule has 1 amide bonds. The lowest BCUT2D eigenvalue weighted by molar-refractivity contribution is -0.137. The zero-order chi connectivity index (χ0) is 27.2. The monoisotopic (exact) mass is 529 g/mol. The fraction of sp³-hybridized carbons (Fsp3) is 0.462. The molecule has 0 aliphatic carbocycles. The van der Waals surface area contributed by atoms with Crippen molar-refractivity contribution >= 4 is 17.5 Å². The van der Waals surface area contributed by atoms with Gasteiger partial charge in [0, 0.05) is 61.9 Å². The van der Waals surface area contributed by atoms with Gasteiger partial charge in [0.25, 0.3) is 5.91 Å². The first-order valence-electron chi connectivity index (χ1n) is 12.6. The second-order valence-electron chi connectivity index (χ2n) is 10.6. The van der Waals surface area contributed by atoms with Gasteiger partial charge in [-0.2, -0.15) is 13.2 Å². The molecule has 1 fully saturated rings. The Kier molecular flexibility index (Phi) is 6.54. The molecule has 1 saturated heterocycles. The molecular weight excluding hydrogens is 499 g/mol. The predicted molar refractivity (Wildman–Crippen MR) is 137 cm³/mol. The number of anilines is 2. The molecule has 1 atom stereocenters. The smallest absolute Gasteiger partial charge is 0.356 e. The van der Waals surface area contributed by atoms with Crippen LogP contribution in [0.1, 0.15) is 54.7 Å². The fourth-order valence-corrected chi connectivity index (χ4v) is 5.05. The predicted octanol–water partition coefficient (Wildman–Crippen LogP) is 3.72. The first kappa shape index (κ1) is 26.0. The van der Waals surface area contributed by atoms with Crippen molar-refractivity contribution in [2.45, 2.75) is 57.3 Å². The van der Waals surface area contributed by atoms with Crippen molar-refractivity contribution in [1.82, 2.24) is 24.8 Å². The molecule has 9 nitrogen and oxygen atoms in total. The van der Waals surface area contributed by atoms with E-state index in [0.717, 1.165) is 19.0 Å². The minimum absolute atomic E-state index is 0.00185. The Bertz CT molecular complexity index is 1420. The first-order valence-corrected chi connectivity index (χ1v) is 12.6. The Morgan fingerprint density at radius 1 is 1.21 bits per heavy atom. The number of carbonyl (C=O) groups excluding carboxylic acids is 1. The van der Waals surface area contributed by atoms with Gasteiger partial charge in [0.2, 0.25) is 11.5 Å². The molecule has 0 aromatic carbocycles. The number of pyridine rings is 1. The van der Waals surface area contributed by atoms with Crippen molar-refractivity contribution in [3.63, 3.8) is 0 Å². The lowest BCUT2D eigenvalue weighted by atomic mass is 9.91. The highest BCUT2D eigenvalue weighted by atomic mass is 19.4. The van der Waals surface area contributed by atoms with E-state index in [4.69, 9.17) is 0 Å². The Labute approximate surface area is 217 Å². The van der Waals surface area contributed by atoms with Crippen molar-refractivity contribution < 1.29 is 18.0 Å². The maximum atomic E-state index is 14.0. The second-order valence-corrected chi connectivity index (χ2v) is 10.6. The Hall–Kier alpha value is -3.67. The van der Waals surface area contributed by atoms with E-state index < -0.39 is 11.7 Å². The van der Waals surface area contributed by atoms with Crippen molar-refractivity contribution in [2.24, 2.45) is 7.05 Å². The van der Waals surface area contributed by atoms with Crippen LogP contribution in [0.3, 0.4) is 0 Å². The molecule has 0 radical (unpaired) electrons. The number of aromatic amines is 1. The summed E-state index contributed by atoms with van der Waals surface area (Å²) >= 11 is 0. The van der Waals surface area contributed by atoms with Crippen LogP contribution in [0.4, 0.5) is 24.8 Å². The lowest BCUT2D eigenvalue weighted by Gasteiger charge is -2.36. The zero-order valence-corrected chi connectivity index (χ0v) is 21.4. The maximum Gasteiger partial charge on any atom is 0.419 e. The third-order valence-electron chi connectivity index (χ3n) is 7.26. The maximum absolute atomic E-state index is 14.0. The number of halogens is 3.